The zero-order chi connectivity index (χ0) is 19.4. The molecule has 2 aromatic rings. The summed E-state index contributed by atoms with van der Waals surface area (Å²) in [4.78, 5) is 10.0. The Morgan fingerprint density at radius 2 is 1.93 bits per heavy atom. The van der Waals surface area contributed by atoms with Crippen LogP contribution in [0.15, 0.2) is 24.3 Å². The molecule has 1 saturated heterocycles. The Morgan fingerprint density at radius 3 is 2.63 bits per heavy atom. The highest BCUT2D eigenvalue weighted by atomic mass is 16.3. The van der Waals surface area contributed by atoms with Crippen LogP contribution >= 0.6 is 0 Å². The van der Waals surface area contributed by atoms with E-state index < -0.39 is 0 Å². The SMILES string of the molecule is CC(C)CCn1c(CN2CCN(C(C)C)C(CCO)C2)nc2ccccc21. The smallest absolute Gasteiger partial charge is 0.124 e. The topological polar surface area (TPSA) is 44.5 Å². The van der Waals surface area contributed by atoms with Crippen LogP contribution in [0.5, 0.6) is 0 Å². The highest BCUT2D eigenvalue weighted by molar-refractivity contribution is 5.75. The van der Waals surface area contributed by atoms with E-state index in [1.807, 2.05) is 0 Å². The number of aryl methyl sites for hydroxylation is 1. The van der Waals surface area contributed by atoms with Crippen LogP contribution in [0.25, 0.3) is 11.0 Å². The number of hydrogen-bond donors (Lipinski definition) is 1. The maximum atomic E-state index is 9.49. The standard InChI is InChI=1S/C22H36N4O/c1-17(2)9-11-26-21-8-6-5-7-20(21)23-22(26)16-24-12-13-25(18(3)4)19(15-24)10-14-27/h5-8,17-19,27H,9-16H2,1-4H3. The van der Waals surface area contributed by atoms with Crippen molar-refractivity contribution in [3.8, 4) is 0 Å². The molecule has 1 aliphatic rings. The summed E-state index contributed by atoms with van der Waals surface area (Å²) in [7, 11) is 0. The summed E-state index contributed by atoms with van der Waals surface area (Å²) in [6, 6.07) is 9.45. The maximum absolute atomic E-state index is 9.49. The van der Waals surface area contributed by atoms with E-state index in [4.69, 9.17) is 4.98 Å². The molecule has 150 valence electrons. The minimum Gasteiger partial charge on any atom is -0.396 e. The van der Waals surface area contributed by atoms with Gasteiger partial charge >= 0.3 is 0 Å². The molecule has 1 aromatic carbocycles. The third-order valence-electron chi connectivity index (χ3n) is 5.77. The average molecular weight is 373 g/mol. The van der Waals surface area contributed by atoms with Crippen molar-refractivity contribution in [1.82, 2.24) is 19.4 Å². The van der Waals surface area contributed by atoms with Gasteiger partial charge in [0.25, 0.3) is 0 Å². The molecule has 0 radical (unpaired) electrons. The Hall–Kier alpha value is -1.43. The van der Waals surface area contributed by atoms with Gasteiger partial charge in [-0.05, 0) is 44.7 Å². The zero-order valence-electron chi connectivity index (χ0n) is 17.4. The number of aliphatic hydroxyl groups excluding tert-OH is 1. The van der Waals surface area contributed by atoms with Crippen LogP contribution in [0.1, 0.15) is 46.4 Å². The summed E-state index contributed by atoms with van der Waals surface area (Å²) in [5, 5.41) is 9.49. The van der Waals surface area contributed by atoms with Crippen molar-refractivity contribution in [2.75, 3.05) is 26.2 Å². The van der Waals surface area contributed by atoms with Gasteiger partial charge in [0, 0.05) is 44.9 Å². The van der Waals surface area contributed by atoms with E-state index in [9.17, 15) is 5.11 Å². The summed E-state index contributed by atoms with van der Waals surface area (Å²) in [5.74, 6) is 1.86. The lowest BCUT2D eigenvalue weighted by Crippen LogP contribution is -2.55. The van der Waals surface area contributed by atoms with Gasteiger partial charge in [-0.3, -0.25) is 9.80 Å². The minimum absolute atomic E-state index is 0.259. The van der Waals surface area contributed by atoms with Gasteiger partial charge in [0.05, 0.1) is 17.6 Å². The van der Waals surface area contributed by atoms with Crippen molar-refractivity contribution in [3.05, 3.63) is 30.1 Å². The predicted molar refractivity (Wildman–Crippen MR) is 112 cm³/mol. The fraction of sp³-hybridized carbons (Fsp3) is 0.682. The fourth-order valence-corrected chi connectivity index (χ4v) is 4.25. The van der Waals surface area contributed by atoms with Gasteiger partial charge in [-0.2, -0.15) is 0 Å². The van der Waals surface area contributed by atoms with Crippen LogP contribution in [0.2, 0.25) is 0 Å². The third kappa shape index (κ3) is 4.89. The number of aliphatic hydroxyl groups is 1. The quantitative estimate of drug-likeness (QED) is 0.772. The van der Waals surface area contributed by atoms with Crippen LogP contribution in [0.4, 0.5) is 0 Å². The fourth-order valence-electron chi connectivity index (χ4n) is 4.25. The van der Waals surface area contributed by atoms with Crippen molar-refractivity contribution < 1.29 is 5.11 Å². The molecule has 1 N–H and O–H groups in total. The molecule has 0 aliphatic carbocycles. The number of aromatic nitrogens is 2. The van der Waals surface area contributed by atoms with Gasteiger partial charge in [0.2, 0.25) is 0 Å². The van der Waals surface area contributed by atoms with Crippen molar-refractivity contribution in [2.45, 2.75) is 65.7 Å². The van der Waals surface area contributed by atoms with E-state index >= 15 is 0 Å². The molecule has 5 nitrogen and oxygen atoms in total. The lowest BCUT2D eigenvalue weighted by molar-refractivity contribution is 0.0335. The molecule has 27 heavy (non-hydrogen) atoms. The van der Waals surface area contributed by atoms with Crippen LogP contribution in [0, 0.1) is 5.92 Å². The van der Waals surface area contributed by atoms with Gasteiger partial charge in [-0.1, -0.05) is 26.0 Å². The Labute approximate surface area is 164 Å². The molecule has 1 atom stereocenters. The summed E-state index contributed by atoms with van der Waals surface area (Å²) < 4.78 is 2.42. The number of rotatable bonds is 8. The summed E-state index contributed by atoms with van der Waals surface area (Å²) in [6.45, 7) is 14.4. The molecule has 0 spiro atoms. The second kappa shape index (κ2) is 9.18. The van der Waals surface area contributed by atoms with Crippen molar-refractivity contribution in [2.24, 2.45) is 5.92 Å². The highest BCUT2D eigenvalue weighted by Crippen LogP contribution is 2.22. The van der Waals surface area contributed by atoms with Gasteiger partial charge < -0.3 is 9.67 Å². The number of fused-ring (bicyclic) bond motifs is 1. The molecule has 0 amide bonds. The Morgan fingerprint density at radius 1 is 1.15 bits per heavy atom. The molecular formula is C22H36N4O. The first-order valence-corrected chi connectivity index (χ1v) is 10.5. The van der Waals surface area contributed by atoms with Crippen LogP contribution < -0.4 is 0 Å². The van der Waals surface area contributed by atoms with E-state index in [0.717, 1.165) is 44.7 Å². The lowest BCUT2D eigenvalue weighted by Gasteiger charge is -2.43. The number of hydrogen-bond acceptors (Lipinski definition) is 4. The first-order valence-electron chi connectivity index (χ1n) is 10.5. The summed E-state index contributed by atoms with van der Waals surface area (Å²) in [6.07, 6.45) is 2.01. The predicted octanol–water partition coefficient (Wildman–Crippen LogP) is 3.36. The van der Waals surface area contributed by atoms with Crippen molar-refractivity contribution >= 4 is 11.0 Å². The van der Waals surface area contributed by atoms with Gasteiger partial charge in [0.1, 0.15) is 5.82 Å². The molecule has 0 saturated carbocycles. The van der Waals surface area contributed by atoms with Gasteiger partial charge in [-0.15, -0.1) is 0 Å². The number of nitrogens with zero attached hydrogens (tertiary/aromatic N) is 4. The summed E-state index contributed by atoms with van der Waals surface area (Å²) >= 11 is 0. The normalized spacial score (nSPS) is 19.6. The first-order chi connectivity index (χ1) is 13.0. The number of imidazole rings is 1. The largest absolute Gasteiger partial charge is 0.396 e. The molecule has 1 unspecified atom stereocenters. The van der Waals surface area contributed by atoms with E-state index in [2.05, 4.69) is 66.3 Å². The van der Waals surface area contributed by atoms with Crippen LogP contribution in [-0.4, -0.2) is 62.8 Å². The maximum Gasteiger partial charge on any atom is 0.124 e. The monoisotopic (exact) mass is 372 g/mol. The molecule has 1 aromatic heterocycles. The van der Waals surface area contributed by atoms with E-state index in [1.165, 1.54) is 17.8 Å². The van der Waals surface area contributed by atoms with E-state index in [1.54, 1.807) is 0 Å². The highest BCUT2D eigenvalue weighted by Gasteiger charge is 2.29. The number of piperazine rings is 1. The summed E-state index contributed by atoms with van der Waals surface area (Å²) in [5.41, 5.74) is 2.35. The molecule has 1 fully saturated rings. The van der Waals surface area contributed by atoms with E-state index in [-0.39, 0.29) is 6.61 Å². The third-order valence-corrected chi connectivity index (χ3v) is 5.77. The average Bonchev–Trinajstić information content (AvgIpc) is 2.97. The van der Waals surface area contributed by atoms with Crippen molar-refractivity contribution in [3.63, 3.8) is 0 Å². The Kier molecular flexibility index (Phi) is 6.90. The Bertz CT molecular complexity index is 724. The first kappa shape index (κ1) is 20.3. The zero-order valence-corrected chi connectivity index (χ0v) is 17.4. The van der Waals surface area contributed by atoms with Gasteiger partial charge in [0.15, 0.2) is 0 Å². The molecule has 0 bridgehead atoms. The minimum atomic E-state index is 0.259. The molecule has 5 heteroatoms. The molecule has 3 rings (SSSR count). The molecule has 1 aliphatic heterocycles. The lowest BCUT2D eigenvalue weighted by atomic mass is 10.1. The van der Waals surface area contributed by atoms with Gasteiger partial charge in [-0.25, -0.2) is 4.98 Å². The second-order valence-corrected chi connectivity index (χ2v) is 8.58. The Balaban J connectivity index is 1.78. The van der Waals surface area contributed by atoms with Crippen LogP contribution in [0.3, 0.4) is 0 Å². The number of benzene rings is 1. The van der Waals surface area contributed by atoms with E-state index in [0.29, 0.717) is 18.0 Å². The molecule has 2 heterocycles. The van der Waals surface area contributed by atoms with Crippen molar-refractivity contribution in [1.29, 1.82) is 0 Å². The second-order valence-electron chi connectivity index (χ2n) is 8.58. The molecular weight excluding hydrogens is 336 g/mol. The number of para-hydroxylation sites is 2. The van der Waals surface area contributed by atoms with Crippen LogP contribution in [-0.2, 0) is 13.1 Å².